The molecule has 0 atom stereocenters. The number of nitrogens with zero attached hydrogens (tertiary/aromatic N) is 2. The van der Waals surface area contributed by atoms with Crippen molar-refractivity contribution in [1.82, 2.24) is 9.55 Å². The Kier molecular flexibility index (Phi) is 3.34. The molecule has 0 aliphatic heterocycles. The molecule has 2 aliphatic rings. The molecule has 3 rings (SSSR count). The average molecular weight is 233 g/mol. The van der Waals surface area contributed by atoms with E-state index >= 15 is 0 Å². The monoisotopic (exact) mass is 233 g/mol. The van der Waals surface area contributed by atoms with Gasteiger partial charge in [-0.1, -0.05) is 32.1 Å². The zero-order valence-electron chi connectivity index (χ0n) is 10.6. The molecular formula is C14H23N3. The molecule has 2 fully saturated rings. The predicted molar refractivity (Wildman–Crippen MR) is 70.1 cm³/mol. The molecule has 0 unspecified atom stereocenters. The van der Waals surface area contributed by atoms with Gasteiger partial charge in [-0.25, -0.2) is 4.98 Å². The SMILES string of the molecule is c1cn(CCC2CC2)c(NC2CCCCC2)n1. The summed E-state index contributed by atoms with van der Waals surface area (Å²) in [7, 11) is 0. The summed E-state index contributed by atoms with van der Waals surface area (Å²) in [5.74, 6) is 2.09. The molecule has 1 aromatic heterocycles. The van der Waals surface area contributed by atoms with E-state index in [1.807, 2.05) is 6.20 Å². The molecule has 1 N–H and O–H groups in total. The Hall–Kier alpha value is -0.990. The van der Waals surface area contributed by atoms with Crippen LogP contribution in [0.3, 0.4) is 0 Å². The van der Waals surface area contributed by atoms with Crippen molar-refractivity contribution in [2.45, 2.75) is 64.0 Å². The summed E-state index contributed by atoms with van der Waals surface area (Å²) in [6, 6.07) is 0.658. The van der Waals surface area contributed by atoms with Crippen LogP contribution in [0.4, 0.5) is 5.95 Å². The maximum absolute atomic E-state index is 4.46. The van der Waals surface area contributed by atoms with E-state index in [4.69, 9.17) is 0 Å². The second kappa shape index (κ2) is 5.11. The topological polar surface area (TPSA) is 29.9 Å². The molecule has 0 bridgehead atoms. The maximum atomic E-state index is 4.46. The molecular weight excluding hydrogens is 210 g/mol. The third-order valence-electron chi connectivity index (χ3n) is 4.13. The second-order valence-corrected chi connectivity index (χ2v) is 5.66. The summed E-state index contributed by atoms with van der Waals surface area (Å²) in [4.78, 5) is 4.46. The summed E-state index contributed by atoms with van der Waals surface area (Å²) in [5, 5.41) is 3.63. The van der Waals surface area contributed by atoms with Crippen LogP contribution in [0.1, 0.15) is 51.4 Å². The van der Waals surface area contributed by atoms with Crippen molar-refractivity contribution < 1.29 is 0 Å². The van der Waals surface area contributed by atoms with E-state index in [9.17, 15) is 0 Å². The zero-order valence-corrected chi connectivity index (χ0v) is 10.6. The summed E-state index contributed by atoms with van der Waals surface area (Å²) >= 11 is 0. The fourth-order valence-corrected chi connectivity index (χ4v) is 2.79. The lowest BCUT2D eigenvalue weighted by Crippen LogP contribution is -2.24. The van der Waals surface area contributed by atoms with Gasteiger partial charge in [0.2, 0.25) is 5.95 Å². The fourth-order valence-electron chi connectivity index (χ4n) is 2.79. The van der Waals surface area contributed by atoms with Gasteiger partial charge in [0.15, 0.2) is 0 Å². The molecule has 94 valence electrons. The first-order valence-electron chi connectivity index (χ1n) is 7.19. The Balaban J connectivity index is 1.55. The number of aryl methyl sites for hydroxylation is 1. The highest BCUT2D eigenvalue weighted by Crippen LogP contribution is 2.33. The van der Waals surface area contributed by atoms with Gasteiger partial charge in [0.25, 0.3) is 0 Å². The first kappa shape index (κ1) is 11.1. The van der Waals surface area contributed by atoms with E-state index in [0.29, 0.717) is 6.04 Å². The largest absolute Gasteiger partial charge is 0.353 e. The Bertz CT molecular complexity index is 348. The van der Waals surface area contributed by atoms with Crippen molar-refractivity contribution in [2.75, 3.05) is 5.32 Å². The van der Waals surface area contributed by atoms with Crippen molar-refractivity contribution in [1.29, 1.82) is 0 Å². The molecule has 0 radical (unpaired) electrons. The highest BCUT2D eigenvalue weighted by molar-refractivity contribution is 5.27. The first-order valence-corrected chi connectivity index (χ1v) is 7.19. The van der Waals surface area contributed by atoms with Crippen LogP contribution in [0.2, 0.25) is 0 Å². The third kappa shape index (κ3) is 3.02. The van der Waals surface area contributed by atoms with Gasteiger partial charge >= 0.3 is 0 Å². The minimum atomic E-state index is 0.658. The molecule has 0 spiro atoms. The molecule has 2 saturated carbocycles. The number of nitrogens with one attached hydrogen (secondary N) is 1. The van der Waals surface area contributed by atoms with Gasteiger partial charge in [-0.2, -0.15) is 0 Å². The second-order valence-electron chi connectivity index (χ2n) is 5.66. The van der Waals surface area contributed by atoms with Crippen molar-refractivity contribution in [3.63, 3.8) is 0 Å². The fraction of sp³-hybridized carbons (Fsp3) is 0.786. The van der Waals surface area contributed by atoms with Gasteiger partial charge in [0.05, 0.1) is 0 Å². The Morgan fingerprint density at radius 2 is 2.00 bits per heavy atom. The molecule has 1 aromatic rings. The van der Waals surface area contributed by atoms with Crippen molar-refractivity contribution in [3.8, 4) is 0 Å². The van der Waals surface area contributed by atoms with Gasteiger partial charge in [-0.15, -0.1) is 0 Å². The van der Waals surface area contributed by atoms with E-state index in [2.05, 4.69) is 21.1 Å². The van der Waals surface area contributed by atoms with Crippen LogP contribution in [-0.4, -0.2) is 15.6 Å². The minimum absolute atomic E-state index is 0.658. The summed E-state index contributed by atoms with van der Waals surface area (Å²) in [6.45, 7) is 1.14. The standard InChI is InChI=1S/C14H23N3/c1-2-4-13(5-3-1)16-14-15-9-11-17(14)10-8-12-6-7-12/h9,11-13H,1-8,10H2,(H,15,16). The number of hydrogen-bond acceptors (Lipinski definition) is 2. The molecule has 0 saturated heterocycles. The minimum Gasteiger partial charge on any atom is -0.353 e. The predicted octanol–water partition coefficient (Wildman–Crippen LogP) is 3.43. The molecule has 2 aliphatic carbocycles. The highest BCUT2D eigenvalue weighted by Gasteiger charge is 2.21. The smallest absolute Gasteiger partial charge is 0.202 e. The molecule has 0 aromatic carbocycles. The van der Waals surface area contributed by atoms with Crippen LogP contribution in [0.5, 0.6) is 0 Å². The lowest BCUT2D eigenvalue weighted by molar-refractivity contribution is 0.458. The Morgan fingerprint density at radius 1 is 1.18 bits per heavy atom. The zero-order chi connectivity index (χ0) is 11.5. The van der Waals surface area contributed by atoms with Gasteiger partial charge in [0, 0.05) is 25.0 Å². The number of anilines is 1. The quantitative estimate of drug-likeness (QED) is 0.844. The van der Waals surface area contributed by atoms with Gasteiger partial charge in [-0.3, -0.25) is 0 Å². The lowest BCUT2D eigenvalue weighted by Gasteiger charge is -2.23. The van der Waals surface area contributed by atoms with E-state index < -0.39 is 0 Å². The van der Waals surface area contributed by atoms with Gasteiger partial charge in [-0.05, 0) is 25.2 Å². The summed E-state index contributed by atoms with van der Waals surface area (Å²) in [5.41, 5.74) is 0. The van der Waals surface area contributed by atoms with Crippen LogP contribution in [-0.2, 0) is 6.54 Å². The number of aromatic nitrogens is 2. The number of rotatable bonds is 5. The summed E-state index contributed by atoms with van der Waals surface area (Å²) < 4.78 is 2.30. The van der Waals surface area contributed by atoms with Crippen molar-refractivity contribution >= 4 is 5.95 Å². The van der Waals surface area contributed by atoms with E-state index in [1.165, 1.54) is 51.4 Å². The molecule has 3 nitrogen and oxygen atoms in total. The third-order valence-corrected chi connectivity index (χ3v) is 4.13. The van der Waals surface area contributed by atoms with E-state index in [0.717, 1.165) is 18.4 Å². The highest BCUT2D eigenvalue weighted by atomic mass is 15.2. The Labute approximate surface area is 104 Å². The maximum Gasteiger partial charge on any atom is 0.202 e. The van der Waals surface area contributed by atoms with E-state index in [-0.39, 0.29) is 0 Å². The Morgan fingerprint density at radius 3 is 2.76 bits per heavy atom. The molecule has 3 heteroatoms. The van der Waals surface area contributed by atoms with Crippen LogP contribution in [0, 0.1) is 5.92 Å². The van der Waals surface area contributed by atoms with Crippen molar-refractivity contribution in [2.24, 2.45) is 5.92 Å². The van der Waals surface area contributed by atoms with Gasteiger partial charge < -0.3 is 9.88 Å². The van der Waals surface area contributed by atoms with Crippen LogP contribution < -0.4 is 5.32 Å². The van der Waals surface area contributed by atoms with Crippen LogP contribution in [0.15, 0.2) is 12.4 Å². The van der Waals surface area contributed by atoms with Crippen molar-refractivity contribution in [3.05, 3.63) is 12.4 Å². The van der Waals surface area contributed by atoms with Gasteiger partial charge in [0.1, 0.15) is 0 Å². The molecule has 0 amide bonds. The average Bonchev–Trinajstić information content (AvgIpc) is 3.09. The van der Waals surface area contributed by atoms with Crippen LogP contribution >= 0.6 is 0 Å². The molecule has 1 heterocycles. The molecule has 17 heavy (non-hydrogen) atoms. The van der Waals surface area contributed by atoms with E-state index in [1.54, 1.807) is 0 Å². The summed E-state index contributed by atoms with van der Waals surface area (Å²) in [6.07, 6.45) is 15.1. The number of imidazole rings is 1. The van der Waals surface area contributed by atoms with Crippen LogP contribution in [0.25, 0.3) is 0 Å². The first-order chi connectivity index (χ1) is 8.42. The lowest BCUT2D eigenvalue weighted by atomic mass is 9.96. The number of hydrogen-bond donors (Lipinski definition) is 1. The normalized spacial score (nSPS) is 21.6.